The molecule has 2 aromatic heterocycles. The summed E-state index contributed by atoms with van der Waals surface area (Å²) < 4.78 is 12.5. The number of rotatable bonds is 8. The van der Waals surface area contributed by atoms with E-state index in [0.717, 1.165) is 5.56 Å². The molecule has 2 aromatic carbocycles. The monoisotopic (exact) mass is 486 g/mol. The van der Waals surface area contributed by atoms with E-state index < -0.39 is 5.63 Å². The molecule has 0 saturated heterocycles. The van der Waals surface area contributed by atoms with Crippen molar-refractivity contribution >= 4 is 45.2 Å². The van der Waals surface area contributed by atoms with Gasteiger partial charge in [0.15, 0.2) is 5.16 Å². The second-order valence-electron chi connectivity index (χ2n) is 7.85. The zero-order valence-corrected chi connectivity index (χ0v) is 19.8. The molecule has 0 saturated carbocycles. The van der Waals surface area contributed by atoms with Crippen LogP contribution in [0.25, 0.3) is 21.9 Å². The van der Waals surface area contributed by atoms with Gasteiger partial charge in [-0.15, -0.1) is 0 Å². The zero-order chi connectivity index (χ0) is 23.5. The van der Waals surface area contributed by atoms with Crippen LogP contribution in [0.5, 0.6) is 5.75 Å². The zero-order valence-electron chi connectivity index (χ0n) is 18.2. The van der Waals surface area contributed by atoms with Crippen LogP contribution in [0.15, 0.2) is 61.6 Å². The Hall–Kier alpha value is -2.81. The largest absolute Gasteiger partial charge is 0.508 e. The molecule has 0 radical (unpaired) electrons. The highest BCUT2D eigenvalue weighted by atomic mass is 35.5. The van der Waals surface area contributed by atoms with Crippen molar-refractivity contribution in [2.45, 2.75) is 43.8 Å². The molecule has 0 aliphatic rings. The van der Waals surface area contributed by atoms with Crippen LogP contribution in [0.1, 0.15) is 25.8 Å². The maximum absolute atomic E-state index is 13.2. The smallest absolute Gasteiger partial charge is 0.336 e. The second kappa shape index (κ2) is 9.99. The van der Waals surface area contributed by atoms with Crippen molar-refractivity contribution in [2.24, 2.45) is 0 Å². The fourth-order valence-corrected chi connectivity index (χ4v) is 4.69. The Morgan fingerprint density at radius 2 is 1.94 bits per heavy atom. The Labute approximate surface area is 199 Å². The van der Waals surface area contributed by atoms with E-state index in [1.807, 2.05) is 13.8 Å². The molecule has 0 bridgehead atoms. The lowest BCUT2D eigenvalue weighted by molar-refractivity contribution is 0.0743. The first kappa shape index (κ1) is 23.4. The minimum Gasteiger partial charge on any atom is -0.508 e. The number of thioether (sulfide) groups is 1. The van der Waals surface area contributed by atoms with Crippen molar-refractivity contribution in [2.75, 3.05) is 6.61 Å². The summed E-state index contributed by atoms with van der Waals surface area (Å²) in [6.07, 6.45) is 0.772. The SMILES string of the molecule is CC(C)OCCCn1c(SCc2cc(=O)oc3cc(O)ccc23)nc2cc(Cl)ccc2c1=O. The van der Waals surface area contributed by atoms with E-state index in [4.69, 9.17) is 25.7 Å². The number of hydrogen-bond donors (Lipinski definition) is 1. The molecule has 0 fully saturated rings. The summed E-state index contributed by atoms with van der Waals surface area (Å²) in [5, 5.41) is 11.9. The van der Waals surface area contributed by atoms with Gasteiger partial charge < -0.3 is 14.3 Å². The molecule has 0 spiro atoms. The normalized spacial score (nSPS) is 11.6. The fourth-order valence-electron chi connectivity index (χ4n) is 3.50. The standard InChI is InChI=1S/C24H23ClN2O5S/c1-14(2)31-9-3-8-27-23(30)19-6-4-16(25)11-20(19)26-24(27)33-13-15-10-22(29)32-21-12-17(28)5-7-18(15)21/h4-7,10-12,14,28H,3,8-9,13H2,1-2H3. The molecular weight excluding hydrogens is 464 g/mol. The first-order valence-corrected chi connectivity index (χ1v) is 11.9. The van der Waals surface area contributed by atoms with E-state index >= 15 is 0 Å². The van der Waals surface area contributed by atoms with Gasteiger partial charge in [0.2, 0.25) is 0 Å². The number of phenolic OH excluding ortho intramolecular Hbond substituents is 1. The Morgan fingerprint density at radius 1 is 1.15 bits per heavy atom. The molecule has 2 heterocycles. The van der Waals surface area contributed by atoms with Gasteiger partial charge in [0.25, 0.3) is 5.56 Å². The summed E-state index contributed by atoms with van der Waals surface area (Å²) in [7, 11) is 0. The maximum Gasteiger partial charge on any atom is 0.336 e. The van der Waals surface area contributed by atoms with Gasteiger partial charge >= 0.3 is 5.63 Å². The van der Waals surface area contributed by atoms with E-state index in [-0.39, 0.29) is 17.4 Å². The average molecular weight is 487 g/mol. The third kappa shape index (κ3) is 5.40. The molecule has 7 nitrogen and oxygen atoms in total. The summed E-state index contributed by atoms with van der Waals surface area (Å²) in [4.78, 5) is 30.0. The lowest BCUT2D eigenvalue weighted by atomic mass is 10.1. The van der Waals surface area contributed by atoms with Gasteiger partial charge in [0.1, 0.15) is 11.3 Å². The summed E-state index contributed by atoms with van der Waals surface area (Å²) >= 11 is 7.48. The van der Waals surface area contributed by atoms with Gasteiger partial charge in [-0.3, -0.25) is 9.36 Å². The highest BCUT2D eigenvalue weighted by molar-refractivity contribution is 7.98. The molecular formula is C24H23ClN2O5S. The van der Waals surface area contributed by atoms with Crippen LogP contribution in [0.4, 0.5) is 0 Å². The van der Waals surface area contributed by atoms with Gasteiger partial charge in [-0.05, 0) is 56.2 Å². The lowest BCUT2D eigenvalue weighted by Gasteiger charge is -2.14. The van der Waals surface area contributed by atoms with E-state index in [9.17, 15) is 14.7 Å². The maximum atomic E-state index is 13.2. The van der Waals surface area contributed by atoms with Crippen LogP contribution in [-0.4, -0.2) is 27.4 Å². The number of ether oxygens (including phenoxy) is 1. The minimum absolute atomic E-state index is 0.0148. The van der Waals surface area contributed by atoms with Gasteiger partial charge in [-0.1, -0.05) is 23.4 Å². The molecule has 0 atom stereocenters. The number of fused-ring (bicyclic) bond motifs is 2. The number of aromatic nitrogens is 2. The predicted molar refractivity (Wildman–Crippen MR) is 130 cm³/mol. The number of benzene rings is 2. The minimum atomic E-state index is -0.509. The number of phenols is 1. The van der Waals surface area contributed by atoms with Crippen molar-refractivity contribution in [3.63, 3.8) is 0 Å². The van der Waals surface area contributed by atoms with Gasteiger partial charge in [-0.25, -0.2) is 9.78 Å². The quantitative estimate of drug-likeness (QED) is 0.162. The molecule has 4 aromatic rings. The van der Waals surface area contributed by atoms with Crippen molar-refractivity contribution < 1.29 is 14.3 Å². The average Bonchev–Trinajstić information content (AvgIpc) is 2.75. The number of aromatic hydroxyl groups is 1. The van der Waals surface area contributed by atoms with Crippen molar-refractivity contribution in [3.05, 3.63) is 73.8 Å². The lowest BCUT2D eigenvalue weighted by Crippen LogP contribution is -2.24. The highest BCUT2D eigenvalue weighted by Crippen LogP contribution is 2.28. The summed E-state index contributed by atoms with van der Waals surface area (Å²) in [5.74, 6) is 0.398. The van der Waals surface area contributed by atoms with E-state index in [1.165, 1.54) is 30.0 Å². The predicted octanol–water partition coefficient (Wildman–Crippen LogP) is 4.97. The van der Waals surface area contributed by atoms with Crippen LogP contribution >= 0.6 is 23.4 Å². The Bertz CT molecular complexity index is 1430. The summed E-state index contributed by atoms with van der Waals surface area (Å²) in [6.45, 7) is 4.91. The van der Waals surface area contributed by atoms with Crippen molar-refractivity contribution in [3.8, 4) is 5.75 Å². The molecule has 9 heteroatoms. The molecule has 172 valence electrons. The fraction of sp³-hybridized carbons (Fsp3) is 0.292. The Balaban J connectivity index is 1.70. The summed E-state index contributed by atoms with van der Waals surface area (Å²) in [5.41, 5.74) is 0.893. The van der Waals surface area contributed by atoms with Gasteiger partial charge in [0, 0.05) is 41.4 Å². The molecule has 0 aliphatic heterocycles. The summed E-state index contributed by atoms with van der Waals surface area (Å²) in [6, 6.07) is 11.1. The number of nitrogens with zero attached hydrogens (tertiary/aromatic N) is 2. The third-order valence-electron chi connectivity index (χ3n) is 5.03. The van der Waals surface area contributed by atoms with E-state index in [0.29, 0.717) is 57.4 Å². The van der Waals surface area contributed by atoms with Crippen LogP contribution in [0.2, 0.25) is 5.02 Å². The second-order valence-corrected chi connectivity index (χ2v) is 9.22. The van der Waals surface area contributed by atoms with Gasteiger partial charge in [0.05, 0.1) is 17.0 Å². The van der Waals surface area contributed by atoms with Gasteiger partial charge in [-0.2, -0.15) is 0 Å². The Morgan fingerprint density at radius 3 is 2.73 bits per heavy atom. The van der Waals surface area contributed by atoms with Crippen LogP contribution in [0.3, 0.4) is 0 Å². The third-order valence-corrected chi connectivity index (χ3v) is 6.29. The molecule has 0 unspecified atom stereocenters. The van der Waals surface area contributed by atoms with Crippen LogP contribution in [-0.2, 0) is 17.0 Å². The molecule has 0 amide bonds. The Kier molecular flexibility index (Phi) is 7.07. The van der Waals surface area contributed by atoms with E-state index in [2.05, 4.69) is 0 Å². The van der Waals surface area contributed by atoms with Crippen molar-refractivity contribution in [1.82, 2.24) is 9.55 Å². The van der Waals surface area contributed by atoms with Crippen LogP contribution < -0.4 is 11.2 Å². The number of hydrogen-bond acceptors (Lipinski definition) is 7. The first-order valence-electron chi connectivity index (χ1n) is 10.5. The van der Waals surface area contributed by atoms with E-state index in [1.54, 1.807) is 28.8 Å². The molecule has 1 N–H and O–H groups in total. The van der Waals surface area contributed by atoms with Crippen LogP contribution in [0, 0.1) is 0 Å². The highest BCUT2D eigenvalue weighted by Gasteiger charge is 2.14. The topological polar surface area (TPSA) is 94.6 Å². The molecule has 0 aliphatic carbocycles. The van der Waals surface area contributed by atoms with Crippen molar-refractivity contribution in [1.29, 1.82) is 0 Å². The molecule has 4 rings (SSSR count). The number of halogens is 1. The first-order chi connectivity index (χ1) is 15.8. The molecule has 33 heavy (non-hydrogen) atoms.